The Bertz CT molecular complexity index is 520. The van der Waals surface area contributed by atoms with Crippen molar-refractivity contribution in [1.82, 2.24) is 4.67 Å². The summed E-state index contributed by atoms with van der Waals surface area (Å²) in [6.45, 7) is 3.11. The van der Waals surface area contributed by atoms with E-state index < -0.39 is 7.52 Å². The molecule has 0 radical (unpaired) electrons. The fraction of sp³-hybridized carbons (Fsp3) is 0.562. The third kappa shape index (κ3) is 4.42. The highest BCUT2D eigenvalue weighted by molar-refractivity contribution is 7.64. The maximum absolute atomic E-state index is 13.5. The topological polar surface area (TPSA) is 55.8 Å². The molecule has 0 spiro atoms. The molecule has 1 fully saturated rings. The minimum Gasteiger partial charge on any atom is -0.465 e. The maximum atomic E-state index is 13.5. The van der Waals surface area contributed by atoms with Crippen LogP contribution < -0.4 is 5.30 Å². The van der Waals surface area contributed by atoms with Crippen molar-refractivity contribution in [2.75, 3.05) is 26.3 Å². The van der Waals surface area contributed by atoms with E-state index in [0.29, 0.717) is 25.1 Å². The standard InChI is InChI=1S/C16H24NO4P/c1-2-20-16(18)14-17-12-8-3-4-9-13-21-22(17,19)15-10-6-5-7-11-15/h5-7,10-11H,2-4,8-9,12-14H2,1H3. The Labute approximate surface area is 132 Å². The zero-order chi connectivity index (χ0) is 15.8. The Morgan fingerprint density at radius 3 is 2.68 bits per heavy atom. The second kappa shape index (κ2) is 8.47. The highest BCUT2D eigenvalue weighted by Gasteiger charge is 2.35. The molecule has 0 bridgehead atoms. The summed E-state index contributed by atoms with van der Waals surface area (Å²) < 4.78 is 26.0. The molecule has 0 saturated carbocycles. The average molecular weight is 325 g/mol. The first-order valence-electron chi connectivity index (χ1n) is 7.88. The molecular weight excluding hydrogens is 301 g/mol. The highest BCUT2D eigenvalue weighted by Crippen LogP contribution is 2.50. The minimum absolute atomic E-state index is 0.0000120. The second-order valence-electron chi connectivity index (χ2n) is 5.30. The molecule has 2 rings (SSSR count). The van der Waals surface area contributed by atoms with Crippen molar-refractivity contribution in [2.45, 2.75) is 32.6 Å². The Kier molecular flexibility index (Phi) is 6.62. The van der Waals surface area contributed by atoms with Gasteiger partial charge in [-0.15, -0.1) is 0 Å². The number of nitrogens with zero attached hydrogens (tertiary/aromatic N) is 1. The van der Waals surface area contributed by atoms with Crippen LogP contribution in [0.1, 0.15) is 32.6 Å². The van der Waals surface area contributed by atoms with Gasteiger partial charge in [0.1, 0.15) is 6.54 Å². The van der Waals surface area contributed by atoms with E-state index in [1.807, 2.05) is 18.2 Å². The zero-order valence-electron chi connectivity index (χ0n) is 13.1. The van der Waals surface area contributed by atoms with Crippen molar-refractivity contribution in [3.8, 4) is 0 Å². The molecule has 0 N–H and O–H groups in total. The lowest BCUT2D eigenvalue weighted by Gasteiger charge is -2.30. The van der Waals surface area contributed by atoms with E-state index >= 15 is 0 Å². The highest BCUT2D eigenvalue weighted by atomic mass is 31.2. The molecule has 1 aromatic rings. The normalized spacial score (nSPS) is 24.0. The number of esters is 1. The van der Waals surface area contributed by atoms with E-state index in [1.165, 1.54) is 0 Å². The van der Waals surface area contributed by atoms with Crippen molar-refractivity contribution in [3.05, 3.63) is 30.3 Å². The molecule has 1 atom stereocenters. The molecule has 1 heterocycles. The summed E-state index contributed by atoms with van der Waals surface area (Å²) in [6, 6.07) is 9.16. The van der Waals surface area contributed by atoms with Gasteiger partial charge in [0, 0.05) is 6.54 Å². The molecule has 6 heteroatoms. The fourth-order valence-electron chi connectivity index (χ4n) is 2.53. The maximum Gasteiger partial charge on any atom is 0.320 e. The van der Waals surface area contributed by atoms with Gasteiger partial charge in [0.2, 0.25) is 0 Å². The van der Waals surface area contributed by atoms with Crippen LogP contribution in [-0.2, 0) is 18.6 Å². The van der Waals surface area contributed by atoms with Gasteiger partial charge in [-0.2, -0.15) is 0 Å². The third-order valence-electron chi connectivity index (χ3n) is 3.65. The summed E-state index contributed by atoms with van der Waals surface area (Å²) in [5.74, 6) is -0.360. The molecule has 0 aromatic heterocycles. The Morgan fingerprint density at radius 2 is 1.95 bits per heavy atom. The van der Waals surface area contributed by atoms with E-state index in [9.17, 15) is 9.36 Å². The van der Waals surface area contributed by atoms with Gasteiger partial charge in [-0.1, -0.05) is 31.0 Å². The van der Waals surface area contributed by atoms with Crippen LogP contribution in [0.4, 0.5) is 0 Å². The number of rotatable bonds is 4. The van der Waals surface area contributed by atoms with Crippen LogP contribution >= 0.6 is 7.52 Å². The van der Waals surface area contributed by atoms with Crippen molar-refractivity contribution < 1.29 is 18.6 Å². The van der Waals surface area contributed by atoms with Gasteiger partial charge >= 0.3 is 13.5 Å². The Morgan fingerprint density at radius 1 is 1.23 bits per heavy atom. The number of hydrogen-bond acceptors (Lipinski definition) is 4. The Balaban J connectivity index is 2.28. The molecule has 1 aromatic carbocycles. The van der Waals surface area contributed by atoms with Gasteiger partial charge in [0.15, 0.2) is 0 Å². The zero-order valence-corrected chi connectivity index (χ0v) is 14.0. The summed E-state index contributed by atoms with van der Waals surface area (Å²) in [5, 5.41) is 0.640. The fourth-order valence-corrected chi connectivity index (χ4v) is 4.80. The molecule has 1 aliphatic heterocycles. The van der Waals surface area contributed by atoms with Crippen LogP contribution in [-0.4, -0.2) is 36.9 Å². The van der Waals surface area contributed by atoms with E-state index in [2.05, 4.69) is 0 Å². The molecular formula is C16H24NO4P. The molecule has 22 heavy (non-hydrogen) atoms. The second-order valence-corrected chi connectivity index (χ2v) is 7.68. The lowest BCUT2D eigenvalue weighted by atomic mass is 10.2. The van der Waals surface area contributed by atoms with Crippen molar-refractivity contribution in [3.63, 3.8) is 0 Å². The summed E-state index contributed by atoms with van der Waals surface area (Å²) in [6.07, 6.45) is 3.91. The van der Waals surface area contributed by atoms with Gasteiger partial charge in [-0.05, 0) is 31.9 Å². The number of benzene rings is 1. The molecule has 122 valence electrons. The van der Waals surface area contributed by atoms with E-state index in [4.69, 9.17) is 9.26 Å². The van der Waals surface area contributed by atoms with Gasteiger partial charge in [-0.3, -0.25) is 9.36 Å². The molecule has 1 saturated heterocycles. The smallest absolute Gasteiger partial charge is 0.320 e. The molecule has 5 nitrogen and oxygen atoms in total. The van der Waals surface area contributed by atoms with E-state index in [0.717, 1.165) is 25.7 Å². The summed E-state index contributed by atoms with van der Waals surface area (Å²) in [4.78, 5) is 11.9. The average Bonchev–Trinajstić information content (AvgIpc) is 2.61. The monoisotopic (exact) mass is 325 g/mol. The molecule has 0 aliphatic carbocycles. The van der Waals surface area contributed by atoms with E-state index in [-0.39, 0.29) is 12.5 Å². The Hall–Kier alpha value is -1.16. The minimum atomic E-state index is -3.22. The van der Waals surface area contributed by atoms with E-state index in [1.54, 1.807) is 23.7 Å². The van der Waals surface area contributed by atoms with Gasteiger partial charge in [0.05, 0.1) is 18.5 Å². The largest absolute Gasteiger partial charge is 0.465 e. The van der Waals surface area contributed by atoms with Gasteiger partial charge in [-0.25, -0.2) is 4.67 Å². The van der Waals surface area contributed by atoms with Crippen LogP contribution in [0.3, 0.4) is 0 Å². The molecule has 1 unspecified atom stereocenters. The summed E-state index contributed by atoms with van der Waals surface area (Å²) >= 11 is 0. The number of ether oxygens (including phenoxy) is 1. The number of carbonyl (C=O) groups excluding carboxylic acids is 1. The van der Waals surface area contributed by atoms with Crippen LogP contribution in [0.15, 0.2) is 30.3 Å². The molecule has 0 amide bonds. The van der Waals surface area contributed by atoms with Gasteiger partial charge < -0.3 is 9.26 Å². The van der Waals surface area contributed by atoms with Crippen molar-refractivity contribution >= 4 is 18.8 Å². The first kappa shape index (κ1) is 17.2. The lowest BCUT2D eigenvalue weighted by molar-refractivity contribution is -0.143. The lowest BCUT2D eigenvalue weighted by Crippen LogP contribution is -2.33. The summed E-state index contributed by atoms with van der Waals surface area (Å²) in [5.41, 5.74) is 0. The number of carbonyl (C=O) groups is 1. The quantitative estimate of drug-likeness (QED) is 0.629. The molecule has 1 aliphatic rings. The van der Waals surface area contributed by atoms with Gasteiger partial charge in [0.25, 0.3) is 0 Å². The van der Waals surface area contributed by atoms with Crippen LogP contribution in [0.5, 0.6) is 0 Å². The number of hydrogen-bond donors (Lipinski definition) is 0. The third-order valence-corrected chi connectivity index (χ3v) is 6.22. The first-order valence-corrected chi connectivity index (χ1v) is 9.46. The SMILES string of the molecule is CCOC(=O)CN1CCCCCCOP1(=O)c1ccccc1. The summed E-state index contributed by atoms with van der Waals surface area (Å²) in [7, 11) is -3.22. The first-order chi connectivity index (χ1) is 10.7. The van der Waals surface area contributed by atoms with Crippen LogP contribution in [0, 0.1) is 0 Å². The van der Waals surface area contributed by atoms with Crippen molar-refractivity contribution in [1.29, 1.82) is 0 Å². The predicted octanol–water partition coefficient (Wildman–Crippen LogP) is 2.96. The van der Waals surface area contributed by atoms with Crippen LogP contribution in [0.25, 0.3) is 0 Å². The van der Waals surface area contributed by atoms with Crippen molar-refractivity contribution in [2.24, 2.45) is 0 Å². The van der Waals surface area contributed by atoms with Crippen LogP contribution in [0.2, 0.25) is 0 Å². The predicted molar refractivity (Wildman–Crippen MR) is 86.3 cm³/mol.